The third-order valence-electron chi connectivity index (χ3n) is 9.90. The summed E-state index contributed by atoms with van der Waals surface area (Å²) in [5.74, 6) is 1.93. The predicted octanol–water partition coefficient (Wildman–Crippen LogP) is 7.07. The van der Waals surface area contributed by atoms with Crippen molar-refractivity contribution < 1.29 is 9.84 Å². The molecule has 5 heteroatoms. The van der Waals surface area contributed by atoms with Crippen LogP contribution in [0.15, 0.2) is 0 Å². The van der Waals surface area contributed by atoms with Gasteiger partial charge in [0, 0.05) is 42.9 Å². The van der Waals surface area contributed by atoms with Crippen molar-refractivity contribution in [1.29, 1.82) is 0 Å². The molecule has 4 aliphatic rings. The minimum Gasteiger partial charge on any atom is -0.393 e. The van der Waals surface area contributed by atoms with E-state index >= 15 is 0 Å². The zero-order chi connectivity index (χ0) is 29.5. The maximum Gasteiger partial charge on any atom is 0.0564 e. The molecule has 39 heavy (non-hydrogen) atoms. The van der Waals surface area contributed by atoms with E-state index in [0.29, 0.717) is 16.5 Å². The number of likely N-dealkylation sites (tertiary alicyclic amines) is 3. The lowest BCUT2D eigenvalue weighted by Gasteiger charge is -2.43. The first kappa shape index (κ1) is 35.0. The number of aliphatic hydroxyl groups excluding tert-OH is 1. The van der Waals surface area contributed by atoms with Crippen molar-refractivity contribution in [3.8, 4) is 0 Å². The average molecular weight is 552 g/mol. The van der Waals surface area contributed by atoms with Gasteiger partial charge in [-0.2, -0.15) is 0 Å². The molecule has 1 N–H and O–H groups in total. The van der Waals surface area contributed by atoms with Crippen molar-refractivity contribution in [2.24, 2.45) is 17.3 Å². The first-order valence-electron chi connectivity index (χ1n) is 16.4. The fourth-order valence-electron chi connectivity index (χ4n) is 6.55. The van der Waals surface area contributed by atoms with Crippen LogP contribution in [-0.4, -0.2) is 95.0 Å². The Morgan fingerprint density at radius 2 is 0.872 bits per heavy atom. The molecule has 4 fully saturated rings. The van der Waals surface area contributed by atoms with Gasteiger partial charge in [0.1, 0.15) is 0 Å². The van der Waals surface area contributed by atoms with E-state index in [1.165, 1.54) is 64.7 Å². The van der Waals surface area contributed by atoms with Crippen LogP contribution < -0.4 is 0 Å². The third kappa shape index (κ3) is 12.7. The van der Waals surface area contributed by atoms with Crippen LogP contribution in [0.25, 0.3) is 0 Å². The van der Waals surface area contributed by atoms with Gasteiger partial charge in [0.05, 0.1) is 6.10 Å². The Hall–Kier alpha value is -0.200. The molecule has 0 saturated carbocycles. The fourth-order valence-corrected chi connectivity index (χ4v) is 6.55. The topological polar surface area (TPSA) is 39.2 Å². The fraction of sp³-hybridized carbons (Fsp3) is 1.00. The van der Waals surface area contributed by atoms with E-state index in [2.05, 4.69) is 90.9 Å². The largest absolute Gasteiger partial charge is 0.393 e. The van der Waals surface area contributed by atoms with E-state index in [4.69, 9.17) is 4.74 Å². The van der Waals surface area contributed by atoms with Gasteiger partial charge < -0.3 is 9.84 Å². The van der Waals surface area contributed by atoms with E-state index in [0.717, 1.165) is 51.0 Å². The van der Waals surface area contributed by atoms with Gasteiger partial charge in [-0.15, -0.1) is 0 Å². The highest BCUT2D eigenvalue weighted by atomic mass is 16.5. The summed E-state index contributed by atoms with van der Waals surface area (Å²) in [6, 6.07) is 0. The molecule has 0 unspecified atom stereocenters. The van der Waals surface area contributed by atoms with E-state index < -0.39 is 0 Å². The molecule has 0 amide bonds. The Morgan fingerprint density at radius 1 is 0.538 bits per heavy atom. The summed E-state index contributed by atoms with van der Waals surface area (Å²) >= 11 is 0. The van der Waals surface area contributed by atoms with E-state index in [-0.39, 0.29) is 11.6 Å². The van der Waals surface area contributed by atoms with Gasteiger partial charge >= 0.3 is 0 Å². The molecule has 0 aliphatic carbocycles. The Morgan fingerprint density at radius 3 is 1.26 bits per heavy atom. The summed E-state index contributed by atoms with van der Waals surface area (Å²) < 4.78 is 5.46. The van der Waals surface area contributed by atoms with Gasteiger partial charge in [0.2, 0.25) is 0 Å². The highest BCUT2D eigenvalue weighted by Gasteiger charge is 2.32. The molecule has 232 valence electrons. The Balaban J connectivity index is 0.000000210. The maximum atomic E-state index is 9.27. The second-order valence-electron chi connectivity index (χ2n) is 16.7. The highest BCUT2D eigenvalue weighted by Crippen LogP contribution is 2.34. The van der Waals surface area contributed by atoms with E-state index in [1.807, 2.05) is 0 Å². The van der Waals surface area contributed by atoms with Crippen molar-refractivity contribution in [2.45, 2.75) is 150 Å². The molecule has 0 aromatic heterocycles. The van der Waals surface area contributed by atoms with Crippen molar-refractivity contribution in [3.05, 3.63) is 0 Å². The zero-order valence-corrected chi connectivity index (χ0v) is 28.2. The first-order valence-corrected chi connectivity index (χ1v) is 16.4. The lowest BCUT2D eigenvalue weighted by Crippen LogP contribution is -2.47. The summed E-state index contributed by atoms with van der Waals surface area (Å²) in [4.78, 5) is 7.67. The van der Waals surface area contributed by atoms with Crippen LogP contribution in [0.4, 0.5) is 0 Å². The number of aliphatic hydroxyl groups is 1. The quantitative estimate of drug-likeness (QED) is 0.377. The van der Waals surface area contributed by atoms with Crippen molar-refractivity contribution in [3.63, 3.8) is 0 Å². The van der Waals surface area contributed by atoms with Crippen LogP contribution in [0.1, 0.15) is 128 Å². The number of ether oxygens (including phenoxy) is 1. The maximum absolute atomic E-state index is 9.27. The van der Waals surface area contributed by atoms with Crippen LogP contribution >= 0.6 is 0 Å². The number of hydrogen-bond donors (Lipinski definition) is 1. The van der Waals surface area contributed by atoms with Gasteiger partial charge in [-0.1, -0.05) is 13.8 Å². The highest BCUT2D eigenvalue weighted by molar-refractivity contribution is 4.86. The second kappa shape index (κ2) is 14.8. The van der Waals surface area contributed by atoms with Gasteiger partial charge in [-0.05, 0) is 157 Å². The smallest absolute Gasteiger partial charge is 0.0564 e. The average Bonchev–Trinajstić information content (AvgIpc) is 2.84. The molecule has 0 aromatic carbocycles. The first-order chi connectivity index (χ1) is 17.9. The number of hydrogen-bond acceptors (Lipinski definition) is 5. The molecule has 4 rings (SSSR count). The summed E-state index contributed by atoms with van der Waals surface area (Å²) in [7, 11) is 0. The summed E-state index contributed by atoms with van der Waals surface area (Å²) in [6.45, 7) is 34.6. The van der Waals surface area contributed by atoms with Crippen molar-refractivity contribution in [1.82, 2.24) is 14.7 Å². The van der Waals surface area contributed by atoms with Gasteiger partial charge in [-0.3, -0.25) is 14.7 Å². The molecular formula is C34H69N3O2. The molecule has 5 nitrogen and oxygen atoms in total. The molecule has 4 aliphatic heterocycles. The molecule has 4 saturated heterocycles. The minimum atomic E-state index is -0.0476. The normalized spacial score (nSPS) is 25.8. The lowest BCUT2D eigenvalue weighted by molar-refractivity contribution is 0.0164. The summed E-state index contributed by atoms with van der Waals surface area (Å²) in [5, 5.41) is 9.27. The van der Waals surface area contributed by atoms with Crippen molar-refractivity contribution >= 4 is 0 Å². The molecule has 0 bridgehead atoms. The van der Waals surface area contributed by atoms with Gasteiger partial charge in [0.25, 0.3) is 0 Å². The number of rotatable bonds is 1. The zero-order valence-electron chi connectivity index (χ0n) is 28.2. The van der Waals surface area contributed by atoms with Crippen LogP contribution in [0.5, 0.6) is 0 Å². The predicted molar refractivity (Wildman–Crippen MR) is 169 cm³/mol. The second-order valence-corrected chi connectivity index (χ2v) is 16.7. The van der Waals surface area contributed by atoms with Crippen molar-refractivity contribution in [2.75, 3.05) is 52.5 Å². The molecule has 0 atom stereocenters. The Labute approximate surface area is 244 Å². The third-order valence-corrected chi connectivity index (χ3v) is 9.90. The Bertz CT molecular complexity index is 656. The molecular weight excluding hydrogens is 482 g/mol. The lowest BCUT2D eigenvalue weighted by atomic mass is 9.79. The van der Waals surface area contributed by atoms with Crippen LogP contribution in [-0.2, 0) is 4.74 Å². The monoisotopic (exact) mass is 552 g/mol. The van der Waals surface area contributed by atoms with Gasteiger partial charge in [0.15, 0.2) is 0 Å². The summed E-state index contributed by atoms with van der Waals surface area (Å²) in [5.41, 5.74) is 1.60. The molecule has 0 aromatic rings. The number of piperidine rings is 3. The molecule has 4 heterocycles. The minimum absolute atomic E-state index is 0.0476. The van der Waals surface area contributed by atoms with Gasteiger partial charge in [-0.25, -0.2) is 0 Å². The number of nitrogens with zero attached hydrogens (tertiary/aromatic N) is 3. The Kier molecular flexibility index (Phi) is 13.3. The standard InChI is InChI=1S/C14H27NO.C11H23N.C9H19NO/c1-14(2,3)15-8-4-12(5-9-15)13-6-10-16-11-7-13;1-10(2,3)12-8-6-11(4,5)7-9-12;1-9(2,3)10-6-4-8(11)5-7-10/h12-13H,4-11H2,1-3H3;6-9H2,1-5H3;8,11H,4-7H2,1-3H3. The van der Waals surface area contributed by atoms with Crippen LogP contribution in [0, 0.1) is 17.3 Å². The van der Waals surface area contributed by atoms with Crippen LogP contribution in [0.3, 0.4) is 0 Å². The van der Waals surface area contributed by atoms with E-state index in [1.54, 1.807) is 0 Å². The van der Waals surface area contributed by atoms with Crippen LogP contribution in [0.2, 0.25) is 0 Å². The van der Waals surface area contributed by atoms with E-state index in [9.17, 15) is 5.11 Å². The molecule has 0 radical (unpaired) electrons. The SMILES string of the molecule is CC(C)(C)N1CCC(C2CCOCC2)CC1.CC(C)(C)N1CCC(O)CC1.CC1(C)CCN(C(C)(C)C)CC1. The molecule has 0 spiro atoms. The summed E-state index contributed by atoms with van der Waals surface area (Å²) in [6.07, 6.45) is 9.96.